The van der Waals surface area contributed by atoms with E-state index in [-0.39, 0.29) is 17.8 Å². The second-order valence-electron chi connectivity index (χ2n) is 7.85. The summed E-state index contributed by atoms with van der Waals surface area (Å²) >= 11 is 0. The van der Waals surface area contributed by atoms with Gasteiger partial charge in [-0.3, -0.25) is 9.69 Å². The number of esters is 1. The number of ketones is 1. The number of carbonyl (C=O) groups is 2. The Morgan fingerprint density at radius 1 is 1.18 bits per heavy atom. The fourth-order valence-corrected chi connectivity index (χ4v) is 4.58. The van der Waals surface area contributed by atoms with E-state index in [0.717, 1.165) is 42.5 Å². The van der Waals surface area contributed by atoms with Gasteiger partial charge in [0.1, 0.15) is 5.69 Å². The lowest BCUT2D eigenvalue weighted by atomic mass is 9.96. The molecule has 2 aliphatic rings. The van der Waals surface area contributed by atoms with Crippen molar-refractivity contribution in [3.63, 3.8) is 0 Å². The monoisotopic (exact) mass is 383 g/mol. The van der Waals surface area contributed by atoms with E-state index in [0.29, 0.717) is 24.8 Å². The van der Waals surface area contributed by atoms with E-state index in [1.165, 1.54) is 19.3 Å². The Morgan fingerprint density at radius 2 is 2.00 bits per heavy atom. The Labute approximate surface area is 165 Å². The Balaban J connectivity index is 1.46. The van der Waals surface area contributed by atoms with Crippen molar-refractivity contribution < 1.29 is 14.3 Å². The van der Waals surface area contributed by atoms with Crippen LogP contribution < -0.4 is 5.32 Å². The van der Waals surface area contributed by atoms with Crippen LogP contribution in [0.4, 0.5) is 0 Å². The molecule has 0 unspecified atom stereocenters. The zero-order valence-electron chi connectivity index (χ0n) is 16.5. The Hall–Kier alpha value is -2.18. The average Bonchev–Trinajstić information content (AvgIpc) is 3.36. The van der Waals surface area contributed by atoms with Crippen molar-refractivity contribution in [2.24, 2.45) is 0 Å². The molecular weight excluding hydrogens is 354 g/mol. The molecule has 2 aliphatic heterocycles. The highest BCUT2D eigenvalue weighted by molar-refractivity contribution is 5.95. The van der Waals surface area contributed by atoms with E-state index in [2.05, 4.69) is 15.2 Å². The number of nitrogens with one attached hydrogen (secondary N) is 2. The van der Waals surface area contributed by atoms with Gasteiger partial charge in [-0.1, -0.05) is 12.5 Å². The standard InChI is InChI=1S/C22H29N3O3/c1-2-28-22(27)18-14-16-12-15(6-7-17(16)24-18)13-20(26)21-19(8-9-23-21)25-10-4-3-5-11-25/h6-7,12,14,19,21,23-24H,2-5,8-11,13H2,1H3/t19-,21+/m1/s1. The number of fused-ring (bicyclic) bond motifs is 1. The molecule has 0 radical (unpaired) electrons. The van der Waals surface area contributed by atoms with Gasteiger partial charge in [0.2, 0.25) is 0 Å². The van der Waals surface area contributed by atoms with Crippen LogP contribution in [0.15, 0.2) is 24.3 Å². The molecule has 1 aromatic carbocycles. The van der Waals surface area contributed by atoms with E-state index < -0.39 is 0 Å². The zero-order valence-corrected chi connectivity index (χ0v) is 16.5. The normalized spacial score (nSPS) is 23.2. The minimum atomic E-state index is -0.351. The number of aromatic amines is 1. The number of likely N-dealkylation sites (tertiary alicyclic amines) is 1. The van der Waals surface area contributed by atoms with Gasteiger partial charge in [-0.2, -0.15) is 0 Å². The summed E-state index contributed by atoms with van der Waals surface area (Å²) in [5.74, 6) is -0.0931. The molecule has 6 heteroatoms. The molecule has 0 saturated carbocycles. The van der Waals surface area contributed by atoms with Crippen molar-refractivity contribution in [1.29, 1.82) is 0 Å². The summed E-state index contributed by atoms with van der Waals surface area (Å²) in [5, 5.41) is 4.37. The van der Waals surface area contributed by atoms with Crippen LogP contribution in [0.25, 0.3) is 10.9 Å². The number of Topliss-reactive ketones (excluding diaryl/α,β-unsaturated/α-hetero) is 1. The Kier molecular flexibility index (Phi) is 5.78. The minimum Gasteiger partial charge on any atom is -0.461 e. The van der Waals surface area contributed by atoms with Crippen LogP contribution in [0, 0.1) is 0 Å². The first-order chi connectivity index (χ1) is 13.7. The number of nitrogens with zero attached hydrogens (tertiary/aromatic N) is 1. The number of ether oxygens (including phenoxy) is 1. The van der Waals surface area contributed by atoms with Crippen molar-refractivity contribution in [1.82, 2.24) is 15.2 Å². The maximum Gasteiger partial charge on any atom is 0.354 e. The van der Waals surface area contributed by atoms with Crippen LogP contribution in [-0.2, 0) is 16.0 Å². The van der Waals surface area contributed by atoms with Gasteiger partial charge >= 0.3 is 5.97 Å². The van der Waals surface area contributed by atoms with Crippen LogP contribution in [0.3, 0.4) is 0 Å². The lowest BCUT2D eigenvalue weighted by Crippen LogP contribution is -2.50. The van der Waals surface area contributed by atoms with E-state index in [1.54, 1.807) is 13.0 Å². The lowest BCUT2D eigenvalue weighted by Gasteiger charge is -2.34. The molecule has 2 N–H and O–H groups in total. The summed E-state index contributed by atoms with van der Waals surface area (Å²) in [7, 11) is 0. The topological polar surface area (TPSA) is 74.4 Å². The van der Waals surface area contributed by atoms with Crippen LogP contribution in [0.1, 0.15) is 48.7 Å². The first-order valence-electron chi connectivity index (χ1n) is 10.4. The maximum absolute atomic E-state index is 13.0. The van der Waals surface area contributed by atoms with Gasteiger partial charge in [-0.25, -0.2) is 4.79 Å². The molecule has 150 valence electrons. The molecule has 2 saturated heterocycles. The molecule has 2 atom stereocenters. The SMILES string of the molecule is CCOC(=O)c1cc2cc(CC(=O)[C@H]3NCC[C@H]3N3CCCCC3)ccc2[nH]1. The molecular formula is C22H29N3O3. The maximum atomic E-state index is 13.0. The summed E-state index contributed by atoms with van der Waals surface area (Å²) in [6.45, 7) is 5.28. The van der Waals surface area contributed by atoms with Crippen molar-refractivity contribution in [3.8, 4) is 0 Å². The third kappa shape index (κ3) is 3.98. The van der Waals surface area contributed by atoms with Crippen molar-refractivity contribution in [2.75, 3.05) is 26.2 Å². The lowest BCUT2D eigenvalue weighted by molar-refractivity contribution is -0.121. The van der Waals surface area contributed by atoms with Crippen molar-refractivity contribution in [3.05, 3.63) is 35.5 Å². The summed E-state index contributed by atoms with van der Waals surface area (Å²) < 4.78 is 5.05. The number of hydrogen-bond acceptors (Lipinski definition) is 5. The molecule has 0 amide bonds. The first-order valence-corrected chi connectivity index (χ1v) is 10.4. The highest BCUT2D eigenvalue weighted by atomic mass is 16.5. The van der Waals surface area contributed by atoms with Crippen LogP contribution in [0.2, 0.25) is 0 Å². The molecule has 6 nitrogen and oxygen atoms in total. The molecule has 28 heavy (non-hydrogen) atoms. The second kappa shape index (κ2) is 8.45. The number of carbonyl (C=O) groups excluding carboxylic acids is 2. The van der Waals surface area contributed by atoms with Gasteiger partial charge in [0.05, 0.1) is 12.6 Å². The number of piperidine rings is 1. The van der Waals surface area contributed by atoms with E-state index >= 15 is 0 Å². The van der Waals surface area contributed by atoms with Crippen LogP contribution >= 0.6 is 0 Å². The highest BCUT2D eigenvalue weighted by Gasteiger charge is 2.36. The van der Waals surface area contributed by atoms with Crippen molar-refractivity contribution in [2.45, 2.75) is 51.1 Å². The number of hydrogen-bond donors (Lipinski definition) is 2. The summed E-state index contributed by atoms with van der Waals surface area (Å²) in [4.78, 5) is 30.5. The van der Waals surface area contributed by atoms with Gasteiger partial charge in [0.15, 0.2) is 5.78 Å². The number of rotatable bonds is 6. The predicted octanol–water partition coefficient (Wildman–Crippen LogP) is 2.67. The van der Waals surface area contributed by atoms with E-state index in [4.69, 9.17) is 4.74 Å². The summed E-state index contributed by atoms with van der Waals surface area (Å²) in [6.07, 6.45) is 5.25. The summed E-state index contributed by atoms with van der Waals surface area (Å²) in [5.41, 5.74) is 2.31. The van der Waals surface area contributed by atoms with Crippen molar-refractivity contribution >= 4 is 22.7 Å². The quantitative estimate of drug-likeness (QED) is 0.750. The number of H-pyrrole nitrogens is 1. The minimum absolute atomic E-state index is 0.0740. The zero-order chi connectivity index (χ0) is 19.5. The fraction of sp³-hybridized carbons (Fsp3) is 0.545. The van der Waals surface area contributed by atoms with Crippen LogP contribution in [0.5, 0.6) is 0 Å². The van der Waals surface area contributed by atoms with Gasteiger partial charge in [-0.15, -0.1) is 0 Å². The largest absolute Gasteiger partial charge is 0.461 e. The number of aromatic nitrogens is 1. The highest BCUT2D eigenvalue weighted by Crippen LogP contribution is 2.23. The second-order valence-corrected chi connectivity index (χ2v) is 7.85. The molecule has 2 aromatic rings. The number of benzene rings is 1. The van der Waals surface area contributed by atoms with Gasteiger partial charge in [0, 0.05) is 23.4 Å². The smallest absolute Gasteiger partial charge is 0.354 e. The fourth-order valence-electron chi connectivity index (χ4n) is 4.58. The van der Waals surface area contributed by atoms with E-state index in [9.17, 15) is 9.59 Å². The molecule has 0 bridgehead atoms. The third-order valence-corrected chi connectivity index (χ3v) is 5.95. The summed E-state index contributed by atoms with van der Waals surface area (Å²) in [6, 6.07) is 7.96. The van der Waals surface area contributed by atoms with Gasteiger partial charge in [-0.05, 0) is 69.6 Å². The average molecular weight is 383 g/mol. The first kappa shape index (κ1) is 19.2. The third-order valence-electron chi connectivity index (χ3n) is 5.95. The molecule has 4 rings (SSSR count). The Morgan fingerprint density at radius 3 is 2.79 bits per heavy atom. The molecule has 1 aromatic heterocycles. The Bertz CT molecular complexity index is 854. The van der Waals surface area contributed by atoms with Gasteiger partial charge < -0.3 is 15.0 Å². The van der Waals surface area contributed by atoms with Crippen LogP contribution in [-0.4, -0.2) is 60.0 Å². The molecule has 0 aliphatic carbocycles. The molecule has 0 spiro atoms. The van der Waals surface area contributed by atoms with Gasteiger partial charge in [0.25, 0.3) is 0 Å². The molecule has 2 fully saturated rings. The van der Waals surface area contributed by atoms with E-state index in [1.807, 2.05) is 18.2 Å². The molecule has 3 heterocycles. The predicted molar refractivity (Wildman–Crippen MR) is 109 cm³/mol.